The van der Waals surface area contributed by atoms with E-state index >= 15 is 0 Å². The molecule has 0 aliphatic rings. The third-order valence-corrected chi connectivity index (χ3v) is 4.06. The van der Waals surface area contributed by atoms with Gasteiger partial charge in [-0.2, -0.15) is 0 Å². The predicted molar refractivity (Wildman–Crippen MR) is 82.4 cm³/mol. The zero-order chi connectivity index (χ0) is 14.5. The number of carbonyl (C=O) groups excluding carboxylic acids is 1. The Bertz CT molecular complexity index is 639. The normalized spacial score (nSPS) is 10.2. The Morgan fingerprint density at radius 3 is 2.80 bits per heavy atom. The predicted octanol–water partition coefficient (Wildman–Crippen LogP) is 3.78. The lowest BCUT2D eigenvalue weighted by molar-refractivity contribution is -0.116. The first-order valence-electron chi connectivity index (χ1n) is 5.91. The van der Waals surface area contributed by atoms with Crippen molar-refractivity contribution in [2.24, 2.45) is 0 Å². The molecule has 0 saturated heterocycles. The minimum absolute atomic E-state index is 0.154. The van der Waals surface area contributed by atoms with E-state index in [-0.39, 0.29) is 10.8 Å². The van der Waals surface area contributed by atoms with Gasteiger partial charge in [0.25, 0.3) is 0 Å². The summed E-state index contributed by atoms with van der Waals surface area (Å²) < 4.78 is 0.974. The zero-order valence-electron chi connectivity index (χ0n) is 10.4. The number of hydrogen-bond acceptors (Lipinski definition) is 3. The van der Waals surface area contributed by atoms with E-state index in [9.17, 15) is 9.59 Å². The Hall–Kier alpha value is -1.66. The maximum Gasteiger partial charge on any atom is 0.348 e. The van der Waals surface area contributed by atoms with Crippen LogP contribution in [0.15, 0.2) is 40.2 Å². The second-order valence-electron chi connectivity index (χ2n) is 4.15. The van der Waals surface area contributed by atoms with Crippen LogP contribution in [0.2, 0.25) is 0 Å². The van der Waals surface area contributed by atoms with Crippen LogP contribution < -0.4 is 5.32 Å². The Balaban J connectivity index is 1.93. The summed E-state index contributed by atoms with van der Waals surface area (Å²) >= 11 is 4.47. The lowest BCUT2D eigenvalue weighted by Gasteiger charge is -2.05. The number of rotatable bonds is 5. The number of benzene rings is 1. The number of hydrogen-bond donors (Lipinski definition) is 2. The van der Waals surface area contributed by atoms with Crippen LogP contribution in [0.1, 0.15) is 21.7 Å². The Kier molecular flexibility index (Phi) is 4.92. The second-order valence-corrected chi connectivity index (χ2v) is 5.98. The summed E-state index contributed by atoms with van der Waals surface area (Å²) in [6, 6.07) is 9.35. The lowest BCUT2D eigenvalue weighted by Crippen LogP contribution is -2.13. The molecule has 2 N–H and O–H groups in total. The minimum atomic E-state index is -1.03. The van der Waals surface area contributed by atoms with E-state index in [0.717, 1.165) is 21.4 Å². The summed E-state index contributed by atoms with van der Waals surface area (Å²) in [5, 5.41) is 13.2. The van der Waals surface area contributed by atoms with Crippen molar-refractivity contribution in [2.75, 3.05) is 5.32 Å². The highest BCUT2D eigenvalue weighted by molar-refractivity contribution is 9.10. The minimum Gasteiger partial charge on any atom is -0.477 e. The fourth-order valence-electron chi connectivity index (χ4n) is 1.74. The summed E-state index contributed by atoms with van der Waals surface area (Å²) in [7, 11) is 0. The molecule has 2 aromatic rings. The van der Waals surface area contributed by atoms with Crippen molar-refractivity contribution < 1.29 is 14.7 Å². The van der Waals surface area contributed by atoms with Crippen molar-refractivity contribution in [2.45, 2.75) is 12.8 Å². The third kappa shape index (κ3) is 3.91. The van der Waals surface area contributed by atoms with Gasteiger partial charge in [-0.05, 0) is 35.6 Å². The number of aromatic carboxylic acids is 1. The number of halogens is 1. The maximum atomic E-state index is 11.8. The van der Waals surface area contributed by atoms with Gasteiger partial charge < -0.3 is 10.4 Å². The van der Waals surface area contributed by atoms with Crippen LogP contribution >= 0.6 is 27.3 Å². The smallest absolute Gasteiger partial charge is 0.348 e. The van der Waals surface area contributed by atoms with Gasteiger partial charge in [-0.25, -0.2) is 4.79 Å². The molecule has 1 amide bonds. The van der Waals surface area contributed by atoms with Gasteiger partial charge in [-0.1, -0.05) is 28.1 Å². The molecule has 0 bridgehead atoms. The largest absolute Gasteiger partial charge is 0.477 e. The molecule has 1 heterocycles. The van der Waals surface area contributed by atoms with Crippen LogP contribution in [-0.2, 0) is 11.2 Å². The molecule has 1 aromatic heterocycles. The quantitative estimate of drug-likeness (QED) is 0.859. The molecule has 0 atom stereocenters. The van der Waals surface area contributed by atoms with E-state index in [1.807, 2.05) is 24.3 Å². The average molecular weight is 354 g/mol. The van der Waals surface area contributed by atoms with E-state index in [1.165, 1.54) is 0 Å². The first-order chi connectivity index (χ1) is 9.56. The SMILES string of the molecule is O=C(CCc1cccc(Br)c1)Nc1ccsc1C(=O)O. The van der Waals surface area contributed by atoms with Crippen LogP contribution in [0.25, 0.3) is 0 Å². The van der Waals surface area contributed by atoms with E-state index in [2.05, 4.69) is 21.2 Å². The lowest BCUT2D eigenvalue weighted by atomic mass is 10.1. The van der Waals surface area contributed by atoms with E-state index in [0.29, 0.717) is 18.5 Å². The molecule has 4 nitrogen and oxygen atoms in total. The van der Waals surface area contributed by atoms with Gasteiger partial charge in [0.05, 0.1) is 5.69 Å². The van der Waals surface area contributed by atoms with Gasteiger partial charge in [0, 0.05) is 10.9 Å². The molecule has 0 fully saturated rings. The summed E-state index contributed by atoms with van der Waals surface area (Å²) in [5.74, 6) is -1.21. The number of aryl methyl sites for hydroxylation is 1. The monoisotopic (exact) mass is 353 g/mol. The molecule has 20 heavy (non-hydrogen) atoms. The number of anilines is 1. The number of amides is 1. The van der Waals surface area contributed by atoms with Crippen molar-refractivity contribution in [3.63, 3.8) is 0 Å². The summed E-state index contributed by atoms with van der Waals surface area (Å²) in [6.45, 7) is 0. The number of carboxylic acid groups (broad SMARTS) is 1. The number of carboxylic acids is 1. The van der Waals surface area contributed by atoms with E-state index in [4.69, 9.17) is 5.11 Å². The topological polar surface area (TPSA) is 66.4 Å². The van der Waals surface area contributed by atoms with Crippen molar-refractivity contribution >= 4 is 44.8 Å². The number of thiophene rings is 1. The van der Waals surface area contributed by atoms with Crippen molar-refractivity contribution in [3.05, 3.63) is 50.6 Å². The molecule has 1 aromatic carbocycles. The van der Waals surface area contributed by atoms with Crippen LogP contribution in [0.3, 0.4) is 0 Å². The first kappa shape index (κ1) is 14.7. The summed E-state index contributed by atoms with van der Waals surface area (Å²) in [5.41, 5.74) is 1.42. The van der Waals surface area contributed by atoms with E-state index < -0.39 is 5.97 Å². The van der Waals surface area contributed by atoms with Crippen molar-refractivity contribution in [1.29, 1.82) is 0 Å². The number of carbonyl (C=O) groups is 2. The van der Waals surface area contributed by atoms with Crippen LogP contribution in [0.4, 0.5) is 5.69 Å². The molecule has 0 aliphatic carbocycles. The molecule has 104 valence electrons. The molecule has 0 unspecified atom stereocenters. The Morgan fingerprint density at radius 2 is 2.10 bits per heavy atom. The summed E-state index contributed by atoms with van der Waals surface area (Å²) in [6.07, 6.45) is 0.920. The van der Waals surface area contributed by atoms with Gasteiger partial charge in [0.2, 0.25) is 5.91 Å². The highest BCUT2D eigenvalue weighted by Crippen LogP contribution is 2.22. The molecule has 0 radical (unpaired) electrons. The van der Waals surface area contributed by atoms with Crippen LogP contribution in [0, 0.1) is 0 Å². The first-order valence-corrected chi connectivity index (χ1v) is 7.58. The number of nitrogens with one attached hydrogen (secondary N) is 1. The second kappa shape index (κ2) is 6.67. The molecule has 2 rings (SSSR count). The van der Waals surface area contributed by atoms with Gasteiger partial charge >= 0.3 is 5.97 Å². The maximum absolute atomic E-state index is 11.8. The summed E-state index contributed by atoms with van der Waals surface area (Å²) in [4.78, 5) is 22.9. The van der Waals surface area contributed by atoms with Gasteiger partial charge in [-0.3, -0.25) is 4.79 Å². The van der Waals surface area contributed by atoms with Gasteiger partial charge in [0.15, 0.2) is 0 Å². The molecule has 0 aliphatic heterocycles. The van der Waals surface area contributed by atoms with E-state index in [1.54, 1.807) is 11.4 Å². The molecular weight excluding hydrogens is 342 g/mol. The van der Waals surface area contributed by atoms with Crippen LogP contribution in [-0.4, -0.2) is 17.0 Å². The fraction of sp³-hybridized carbons (Fsp3) is 0.143. The third-order valence-electron chi connectivity index (χ3n) is 2.66. The molecule has 0 spiro atoms. The van der Waals surface area contributed by atoms with Gasteiger partial charge in [0.1, 0.15) is 4.88 Å². The fourth-order valence-corrected chi connectivity index (χ4v) is 2.87. The van der Waals surface area contributed by atoms with Gasteiger partial charge in [-0.15, -0.1) is 11.3 Å². The molecular formula is C14H12BrNO3S. The highest BCUT2D eigenvalue weighted by atomic mass is 79.9. The zero-order valence-corrected chi connectivity index (χ0v) is 12.8. The van der Waals surface area contributed by atoms with Crippen molar-refractivity contribution in [3.8, 4) is 0 Å². The van der Waals surface area contributed by atoms with Crippen molar-refractivity contribution in [1.82, 2.24) is 0 Å². The molecule has 0 saturated carbocycles. The average Bonchev–Trinajstić information content (AvgIpc) is 2.85. The highest BCUT2D eigenvalue weighted by Gasteiger charge is 2.13. The Labute approximate surface area is 128 Å². The molecule has 6 heteroatoms. The standard InChI is InChI=1S/C14H12BrNO3S/c15-10-3-1-2-9(8-10)4-5-12(17)16-11-6-7-20-13(11)14(18)19/h1-3,6-8H,4-5H2,(H,16,17)(H,18,19). The Morgan fingerprint density at radius 1 is 1.30 bits per heavy atom. The van der Waals surface area contributed by atoms with Crippen LogP contribution in [0.5, 0.6) is 0 Å².